The Morgan fingerprint density at radius 2 is 2.27 bits per heavy atom. The van der Waals surface area contributed by atoms with E-state index in [0.717, 1.165) is 14.5 Å². The summed E-state index contributed by atoms with van der Waals surface area (Å²) in [5.41, 5.74) is 0.757. The molecule has 0 fully saturated rings. The van der Waals surface area contributed by atoms with Gasteiger partial charge in [-0.05, 0) is 37.9 Å². The average Bonchev–Trinajstić information content (AvgIpc) is 2.23. The van der Waals surface area contributed by atoms with E-state index in [2.05, 4.69) is 31.9 Å². The number of benzene rings is 1. The topological polar surface area (TPSA) is 38.7 Å². The molecule has 5 heteroatoms. The van der Waals surface area contributed by atoms with Crippen LogP contribution in [0.25, 0.3) is 0 Å². The maximum absolute atomic E-state index is 9.90. The zero-order valence-corrected chi connectivity index (χ0v) is 11.3. The lowest BCUT2D eigenvalue weighted by atomic mass is 10.0. The molecule has 1 aromatic carbocycles. The van der Waals surface area contributed by atoms with Crippen LogP contribution in [0.1, 0.15) is 18.1 Å². The van der Waals surface area contributed by atoms with Crippen molar-refractivity contribution < 1.29 is 14.6 Å². The molecule has 1 aliphatic heterocycles. The molecular formula is C10H10Br2O3. The van der Waals surface area contributed by atoms with Crippen molar-refractivity contribution in [3.8, 4) is 11.5 Å². The minimum atomic E-state index is -0.505. The van der Waals surface area contributed by atoms with Gasteiger partial charge in [-0.1, -0.05) is 0 Å². The molecule has 1 aliphatic rings. The van der Waals surface area contributed by atoms with Crippen molar-refractivity contribution in [3.63, 3.8) is 0 Å². The van der Waals surface area contributed by atoms with Crippen molar-refractivity contribution in [2.24, 2.45) is 0 Å². The Labute approximate surface area is 105 Å². The van der Waals surface area contributed by atoms with Crippen LogP contribution in [0.15, 0.2) is 15.0 Å². The van der Waals surface area contributed by atoms with Crippen LogP contribution in [0.4, 0.5) is 0 Å². The highest BCUT2D eigenvalue weighted by atomic mass is 79.9. The minimum Gasteiger partial charge on any atom is -0.496 e. The number of aliphatic hydroxyl groups is 1. The minimum absolute atomic E-state index is 0.505. The number of rotatable bonds is 1. The van der Waals surface area contributed by atoms with Gasteiger partial charge in [-0.3, -0.25) is 0 Å². The molecular weight excluding hydrogens is 328 g/mol. The van der Waals surface area contributed by atoms with E-state index in [1.165, 1.54) is 0 Å². The van der Waals surface area contributed by atoms with Crippen molar-refractivity contribution in [3.05, 3.63) is 20.6 Å². The monoisotopic (exact) mass is 336 g/mol. The standard InChI is InChI=1S/C10H10Br2O3/c1-14-7-4-5(11)10-8(9(7)12)6(13)2-3-15-10/h4,6,13H,2-3H2,1H3/t6-/m0/s1. The first-order valence-corrected chi connectivity index (χ1v) is 6.10. The largest absolute Gasteiger partial charge is 0.496 e. The Hall–Kier alpha value is -0.260. The van der Waals surface area contributed by atoms with E-state index in [9.17, 15) is 5.11 Å². The SMILES string of the molecule is COc1cc(Br)c2c(c1Br)[C@@H](O)CCO2. The van der Waals surface area contributed by atoms with Gasteiger partial charge in [-0.15, -0.1) is 0 Å². The Kier molecular flexibility index (Phi) is 3.23. The van der Waals surface area contributed by atoms with Gasteiger partial charge in [0.05, 0.1) is 28.8 Å². The van der Waals surface area contributed by atoms with Crippen LogP contribution in [0, 0.1) is 0 Å². The van der Waals surface area contributed by atoms with E-state index in [1.807, 2.05) is 6.07 Å². The summed E-state index contributed by atoms with van der Waals surface area (Å²) in [5.74, 6) is 1.38. The number of methoxy groups -OCH3 is 1. The Bertz CT molecular complexity index is 393. The molecule has 1 aromatic rings. The molecule has 0 aromatic heterocycles. The fraction of sp³-hybridized carbons (Fsp3) is 0.400. The smallest absolute Gasteiger partial charge is 0.140 e. The van der Waals surface area contributed by atoms with E-state index >= 15 is 0 Å². The highest BCUT2D eigenvalue weighted by Gasteiger charge is 2.26. The average molecular weight is 338 g/mol. The molecule has 15 heavy (non-hydrogen) atoms. The zero-order valence-electron chi connectivity index (χ0n) is 8.09. The van der Waals surface area contributed by atoms with Crippen LogP contribution in [0.5, 0.6) is 11.5 Å². The summed E-state index contributed by atoms with van der Waals surface area (Å²) in [6.45, 7) is 0.533. The number of halogens is 2. The van der Waals surface area contributed by atoms with Gasteiger partial charge >= 0.3 is 0 Å². The normalized spacial score (nSPS) is 19.3. The van der Waals surface area contributed by atoms with Gasteiger partial charge in [0.25, 0.3) is 0 Å². The molecule has 3 nitrogen and oxygen atoms in total. The van der Waals surface area contributed by atoms with Crippen LogP contribution in [0.2, 0.25) is 0 Å². The van der Waals surface area contributed by atoms with Crippen molar-refractivity contribution >= 4 is 31.9 Å². The van der Waals surface area contributed by atoms with Gasteiger partial charge in [-0.25, -0.2) is 0 Å². The fourth-order valence-corrected chi connectivity index (χ4v) is 2.87. The number of fused-ring (bicyclic) bond motifs is 1. The Balaban J connectivity index is 2.64. The second kappa shape index (κ2) is 4.31. The molecule has 1 N–H and O–H groups in total. The zero-order chi connectivity index (χ0) is 11.0. The summed E-state index contributed by atoms with van der Waals surface area (Å²) in [5, 5.41) is 9.90. The Morgan fingerprint density at radius 1 is 1.53 bits per heavy atom. The molecule has 0 unspecified atom stereocenters. The summed E-state index contributed by atoms with van der Waals surface area (Å²) in [6, 6.07) is 1.82. The summed E-state index contributed by atoms with van der Waals surface area (Å²) in [4.78, 5) is 0. The highest BCUT2D eigenvalue weighted by Crippen LogP contribution is 2.46. The van der Waals surface area contributed by atoms with Crippen molar-refractivity contribution in [2.45, 2.75) is 12.5 Å². The molecule has 1 atom stereocenters. The molecule has 82 valence electrons. The van der Waals surface area contributed by atoms with Crippen LogP contribution in [-0.4, -0.2) is 18.8 Å². The molecule has 0 bridgehead atoms. The number of ether oxygens (including phenoxy) is 2. The molecule has 0 radical (unpaired) electrons. The quantitative estimate of drug-likeness (QED) is 0.856. The van der Waals surface area contributed by atoms with E-state index in [0.29, 0.717) is 24.5 Å². The second-order valence-electron chi connectivity index (χ2n) is 3.27. The summed E-state index contributed by atoms with van der Waals surface area (Å²) in [6.07, 6.45) is 0.0973. The van der Waals surface area contributed by atoms with Crippen molar-refractivity contribution in [1.82, 2.24) is 0 Å². The van der Waals surface area contributed by atoms with Crippen LogP contribution in [0.3, 0.4) is 0 Å². The molecule has 0 saturated carbocycles. The van der Waals surface area contributed by atoms with E-state index in [-0.39, 0.29) is 0 Å². The lowest BCUT2D eigenvalue weighted by Crippen LogP contribution is -2.15. The first-order chi connectivity index (χ1) is 7.15. The summed E-state index contributed by atoms with van der Waals surface area (Å²) in [7, 11) is 1.59. The molecule has 0 amide bonds. The van der Waals surface area contributed by atoms with Crippen LogP contribution >= 0.6 is 31.9 Å². The maximum Gasteiger partial charge on any atom is 0.140 e. The predicted molar refractivity (Wildman–Crippen MR) is 63.5 cm³/mol. The van der Waals surface area contributed by atoms with Gasteiger partial charge in [-0.2, -0.15) is 0 Å². The van der Waals surface area contributed by atoms with Gasteiger partial charge in [0.1, 0.15) is 11.5 Å². The third-order valence-electron chi connectivity index (χ3n) is 2.36. The lowest BCUT2D eigenvalue weighted by molar-refractivity contribution is 0.113. The number of hydrogen-bond donors (Lipinski definition) is 1. The predicted octanol–water partition coefficient (Wildman–Crippen LogP) is 3.04. The van der Waals surface area contributed by atoms with Crippen LogP contribution in [-0.2, 0) is 0 Å². The van der Waals surface area contributed by atoms with Gasteiger partial charge in [0.2, 0.25) is 0 Å². The molecule has 1 heterocycles. The first kappa shape index (κ1) is 11.2. The molecule has 2 rings (SSSR count). The first-order valence-electron chi connectivity index (χ1n) is 4.52. The Morgan fingerprint density at radius 3 is 2.93 bits per heavy atom. The molecule has 0 spiro atoms. The van der Waals surface area contributed by atoms with E-state index < -0.39 is 6.10 Å². The van der Waals surface area contributed by atoms with Gasteiger partial charge in [0.15, 0.2) is 0 Å². The number of hydrogen-bond acceptors (Lipinski definition) is 3. The maximum atomic E-state index is 9.90. The van der Waals surface area contributed by atoms with Crippen LogP contribution < -0.4 is 9.47 Å². The lowest BCUT2D eigenvalue weighted by Gasteiger charge is -2.25. The molecule has 0 saturated heterocycles. The highest BCUT2D eigenvalue weighted by molar-refractivity contribution is 9.11. The van der Waals surface area contributed by atoms with Crippen molar-refractivity contribution in [1.29, 1.82) is 0 Å². The van der Waals surface area contributed by atoms with E-state index in [4.69, 9.17) is 9.47 Å². The van der Waals surface area contributed by atoms with Gasteiger partial charge < -0.3 is 14.6 Å². The third-order valence-corrected chi connectivity index (χ3v) is 3.77. The second-order valence-corrected chi connectivity index (χ2v) is 4.92. The number of aliphatic hydroxyl groups excluding tert-OH is 1. The third kappa shape index (κ3) is 1.88. The van der Waals surface area contributed by atoms with E-state index in [1.54, 1.807) is 7.11 Å². The fourth-order valence-electron chi connectivity index (χ4n) is 1.61. The summed E-state index contributed by atoms with van der Waals surface area (Å²) >= 11 is 6.81. The van der Waals surface area contributed by atoms with Gasteiger partial charge in [0, 0.05) is 12.0 Å². The van der Waals surface area contributed by atoms with Crippen molar-refractivity contribution in [2.75, 3.05) is 13.7 Å². The summed E-state index contributed by atoms with van der Waals surface area (Å²) < 4.78 is 12.3. The molecule has 0 aliphatic carbocycles.